The summed E-state index contributed by atoms with van der Waals surface area (Å²) >= 11 is 0. The first-order valence-corrected chi connectivity index (χ1v) is 10.5. The molecule has 31 heavy (non-hydrogen) atoms. The Labute approximate surface area is 182 Å². The number of methoxy groups -OCH3 is 1. The molecule has 0 aromatic heterocycles. The van der Waals surface area contributed by atoms with E-state index in [1.165, 1.54) is 13.2 Å². The topological polar surface area (TPSA) is 114 Å². The van der Waals surface area contributed by atoms with E-state index in [-0.39, 0.29) is 24.2 Å². The summed E-state index contributed by atoms with van der Waals surface area (Å²) < 4.78 is 4.80. The van der Waals surface area contributed by atoms with Gasteiger partial charge in [0.25, 0.3) is 0 Å². The first kappa shape index (κ1) is 24.1. The van der Waals surface area contributed by atoms with E-state index in [9.17, 15) is 19.2 Å². The normalized spacial score (nSPS) is 17.8. The van der Waals surface area contributed by atoms with Crippen molar-refractivity contribution in [2.24, 2.45) is 11.8 Å². The van der Waals surface area contributed by atoms with Gasteiger partial charge in [0.2, 0.25) is 17.7 Å². The van der Waals surface area contributed by atoms with Crippen LogP contribution in [0.3, 0.4) is 0 Å². The van der Waals surface area contributed by atoms with E-state index in [1.54, 1.807) is 6.08 Å². The molecule has 0 unspecified atom stereocenters. The smallest absolute Gasteiger partial charge is 0.328 e. The van der Waals surface area contributed by atoms with Crippen LogP contribution in [0, 0.1) is 11.8 Å². The lowest BCUT2D eigenvalue weighted by atomic mass is 9.97. The van der Waals surface area contributed by atoms with Crippen molar-refractivity contribution in [1.29, 1.82) is 0 Å². The van der Waals surface area contributed by atoms with Crippen molar-refractivity contribution in [3.05, 3.63) is 42.0 Å². The molecule has 0 saturated carbocycles. The number of esters is 1. The highest BCUT2D eigenvalue weighted by molar-refractivity contribution is 5.96. The molecule has 8 heteroatoms. The van der Waals surface area contributed by atoms with Gasteiger partial charge in [-0.15, -0.1) is 0 Å². The van der Waals surface area contributed by atoms with Gasteiger partial charge < -0.3 is 20.7 Å². The highest BCUT2D eigenvalue weighted by Crippen LogP contribution is 2.17. The zero-order valence-electron chi connectivity index (χ0n) is 18.2. The molecule has 1 heterocycles. The van der Waals surface area contributed by atoms with Gasteiger partial charge in [0, 0.05) is 18.5 Å². The Bertz CT molecular complexity index is 807. The van der Waals surface area contributed by atoms with E-state index in [2.05, 4.69) is 16.0 Å². The molecule has 3 N–H and O–H groups in total. The van der Waals surface area contributed by atoms with Crippen LogP contribution in [0.15, 0.2) is 36.4 Å². The number of ether oxygens (including phenoxy) is 1. The maximum atomic E-state index is 12.9. The van der Waals surface area contributed by atoms with Crippen LogP contribution in [0.4, 0.5) is 0 Å². The quantitative estimate of drug-likeness (QED) is 0.384. The van der Waals surface area contributed by atoms with E-state index in [1.807, 2.05) is 44.2 Å². The van der Waals surface area contributed by atoms with Gasteiger partial charge >= 0.3 is 5.97 Å². The third kappa shape index (κ3) is 7.88. The molecule has 1 aromatic rings. The monoisotopic (exact) mass is 429 g/mol. The molecule has 0 bridgehead atoms. The van der Waals surface area contributed by atoms with Crippen molar-refractivity contribution in [3.8, 4) is 0 Å². The van der Waals surface area contributed by atoms with Gasteiger partial charge in [0.15, 0.2) is 0 Å². The van der Waals surface area contributed by atoms with E-state index < -0.39 is 29.9 Å². The minimum absolute atomic E-state index is 0.131. The lowest BCUT2D eigenvalue weighted by Crippen LogP contribution is -2.52. The van der Waals surface area contributed by atoms with Gasteiger partial charge in [-0.25, -0.2) is 4.79 Å². The number of rotatable bonds is 10. The summed E-state index contributed by atoms with van der Waals surface area (Å²) in [5, 5.41) is 8.10. The zero-order valence-corrected chi connectivity index (χ0v) is 18.2. The zero-order chi connectivity index (χ0) is 22.8. The maximum Gasteiger partial charge on any atom is 0.328 e. The number of hydrogen-bond acceptors (Lipinski definition) is 5. The molecule has 1 fully saturated rings. The first-order chi connectivity index (χ1) is 14.8. The molecular formula is C23H31N3O5. The second-order valence-corrected chi connectivity index (χ2v) is 8.03. The van der Waals surface area contributed by atoms with Gasteiger partial charge in [-0.05, 0) is 36.8 Å². The highest BCUT2D eigenvalue weighted by atomic mass is 16.5. The first-order valence-electron chi connectivity index (χ1n) is 10.5. The summed E-state index contributed by atoms with van der Waals surface area (Å²) in [4.78, 5) is 49.4. The SMILES string of the molecule is COC(=O)[C@H](C[C@@H]1CCNC1=O)NC(=O)[C@H](CC(C)C)NC(=O)/C=C/c1ccccc1. The maximum absolute atomic E-state index is 12.9. The van der Waals surface area contributed by atoms with Crippen LogP contribution in [-0.4, -0.2) is 49.4 Å². The summed E-state index contributed by atoms with van der Waals surface area (Å²) in [5.74, 6) is -1.88. The van der Waals surface area contributed by atoms with Gasteiger partial charge in [-0.1, -0.05) is 44.2 Å². The Morgan fingerprint density at radius 1 is 1.16 bits per heavy atom. The molecule has 0 aliphatic carbocycles. The molecule has 168 valence electrons. The average molecular weight is 430 g/mol. The van der Waals surface area contributed by atoms with Gasteiger partial charge in [0.1, 0.15) is 12.1 Å². The molecular weight excluding hydrogens is 398 g/mol. The number of hydrogen-bond donors (Lipinski definition) is 3. The van der Waals surface area contributed by atoms with Crippen LogP contribution in [-0.2, 0) is 23.9 Å². The summed E-state index contributed by atoms with van der Waals surface area (Å²) in [6, 6.07) is 7.56. The Balaban J connectivity index is 2.05. The molecule has 2 rings (SSSR count). The second-order valence-electron chi connectivity index (χ2n) is 8.03. The van der Waals surface area contributed by atoms with E-state index >= 15 is 0 Å². The van der Waals surface area contributed by atoms with E-state index in [4.69, 9.17) is 4.74 Å². The standard InChI is InChI=1S/C23H31N3O5/c1-15(2)13-18(25-20(27)10-9-16-7-5-4-6-8-16)22(29)26-19(23(30)31-3)14-17-11-12-24-21(17)28/h4-10,15,17-19H,11-14H2,1-3H3,(H,24,28)(H,25,27)(H,26,29)/b10-9+/t17-,18-,19-/m0/s1. The van der Waals surface area contributed by atoms with Crippen molar-refractivity contribution in [3.63, 3.8) is 0 Å². The summed E-state index contributed by atoms with van der Waals surface area (Å²) in [5.41, 5.74) is 0.864. The number of carbonyl (C=O) groups excluding carboxylic acids is 4. The number of nitrogens with one attached hydrogen (secondary N) is 3. The molecule has 0 spiro atoms. The molecule has 8 nitrogen and oxygen atoms in total. The lowest BCUT2D eigenvalue weighted by Gasteiger charge is -2.24. The molecule has 1 aliphatic rings. The van der Waals surface area contributed by atoms with Crippen LogP contribution in [0.5, 0.6) is 0 Å². The molecule has 0 radical (unpaired) electrons. The summed E-state index contributed by atoms with van der Waals surface area (Å²) in [6.45, 7) is 4.42. The molecule has 1 saturated heterocycles. The third-order valence-corrected chi connectivity index (χ3v) is 5.05. The highest BCUT2D eigenvalue weighted by Gasteiger charge is 2.33. The molecule has 1 aliphatic heterocycles. The van der Waals surface area contributed by atoms with Crippen molar-refractivity contribution < 1.29 is 23.9 Å². The summed E-state index contributed by atoms with van der Waals surface area (Å²) in [7, 11) is 1.23. The van der Waals surface area contributed by atoms with E-state index in [0.29, 0.717) is 19.4 Å². The lowest BCUT2D eigenvalue weighted by molar-refractivity contribution is -0.146. The Kier molecular flexibility index (Phi) is 9.24. The minimum atomic E-state index is -0.960. The van der Waals surface area contributed by atoms with Gasteiger partial charge in [0.05, 0.1) is 7.11 Å². The Morgan fingerprint density at radius 2 is 1.87 bits per heavy atom. The fourth-order valence-corrected chi connectivity index (χ4v) is 3.44. The predicted octanol–water partition coefficient (Wildman–Crippen LogP) is 1.41. The molecule has 3 atom stereocenters. The van der Waals surface area contributed by atoms with Crippen LogP contribution in [0.25, 0.3) is 6.08 Å². The van der Waals surface area contributed by atoms with Crippen LogP contribution in [0.1, 0.15) is 38.7 Å². The third-order valence-electron chi connectivity index (χ3n) is 5.05. The largest absolute Gasteiger partial charge is 0.467 e. The minimum Gasteiger partial charge on any atom is -0.467 e. The number of benzene rings is 1. The molecule has 1 aromatic carbocycles. The van der Waals surface area contributed by atoms with Gasteiger partial charge in [-0.2, -0.15) is 0 Å². The second kappa shape index (κ2) is 11.9. The van der Waals surface area contributed by atoms with Crippen LogP contribution < -0.4 is 16.0 Å². The fourth-order valence-electron chi connectivity index (χ4n) is 3.44. The summed E-state index contributed by atoms with van der Waals surface area (Å²) in [6.07, 6.45) is 4.18. The van der Waals surface area contributed by atoms with Crippen molar-refractivity contribution in [2.45, 2.75) is 45.2 Å². The fraction of sp³-hybridized carbons (Fsp3) is 0.478. The van der Waals surface area contributed by atoms with E-state index in [0.717, 1.165) is 5.56 Å². The Hall–Kier alpha value is -3.16. The van der Waals surface area contributed by atoms with Crippen molar-refractivity contribution >= 4 is 29.8 Å². The number of amides is 3. The predicted molar refractivity (Wildman–Crippen MR) is 117 cm³/mol. The average Bonchev–Trinajstić information content (AvgIpc) is 3.15. The van der Waals surface area contributed by atoms with Crippen LogP contribution in [0.2, 0.25) is 0 Å². The van der Waals surface area contributed by atoms with Crippen LogP contribution >= 0.6 is 0 Å². The number of carbonyl (C=O) groups is 4. The Morgan fingerprint density at radius 3 is 2.45 bits per heavy atom. The van der Waals surface area contributed by atoms with Gasteiger partial charge in [-0.3, -0.25) is 14.4 Å². The van der Waals surface area contributed by atoms with Crippen molar-refractivity contribution in [2.75, 3.05) is 13.7 Å². The van der Waals surface area contributed by atoms with Crippen molar-refractivity contribution in [1.82, 2.24) is 16.0 Å². The molecule has 3 amide bonds.